The van der Waals surface area contributed by atoms with Gasteiger partial charge in [-0.3, -0.25) is 9.59 Å². The molecule has 0 atom stereocenters. The number of amides is 2. The highest BCUT2D eigenvalue weighted by atomic mass is 32.2. The van der Waals surface area contributed by atoms with Gasteiger partial charge < -0.3 is 10.6 Å². The van der Waals surface area contributed by atoms with Crippen molar-refractivity contribution in [2.24, 2.45) is 0 Å². The SMILES string of the molecule is O=C(/C=C\c1ccccc1)Nc1ccc2nc(SCC(=O)NC3CC3)sc2c1. The molecule has 0 unspecified atom stereocenters. The van der Waals surface area contributed by atoms with E-state index in [-0.39, 0.29) is 11.8 Å². The summed E-state index contributed by atoms with van der Waals surface area (Å²) >= 11 is 2.97. The summed E-state index contributed by atoms with van der Waals surface area (Å²) in [4.78, 5) is 28.5. The van der Waals surface area contributed by atoms with E-state index in [1.165, 1.54) is 29.2 Å². The van der Waals surface area contributed by atoms with Crippen molar-refractivity contribution in [1.29, 1.82) is 0 Å². The first-order valence-electron chi connectivity index (χ1n) is 9.02. The van der Waals surface area contributed by atoms with Crippen molar-refractivity contribution in [2.75, 3.05) is 11.1 Å². The molecular formula is C21H19N3O2S2. The molecule has 7 heteroatoms. The van der Waals surface area contributed by atoms with Crippen molar-refractivity contribution < 1.29 is 9.59 Å². The summed E-state index contributed by atoms with van der Waals surface area (Å²) in [5, 5.41) is 5.85. The molecule has 5 nitrogen and oxygen atoms in total. The third kappa shape index (κ3) is 5.21. The molecule has 0 aliphatic heterocycles. The van der Waals surface area contributed by atoms with Crippen LogP contribution in [0.15, 0.2) is 58.9 Å². The predicted octanol–water partition coefficient (Wildman–Crippen LogP) is 4.32. The molecule has 0 spiro atoms. The van der Waals surface area contributed by atoms with E-state index in [1.54, 1.807) is 6.08 Å². The predicted molar refractivity (Wildman–Crippen MR) is 116 cm³/mol. The van der Waals surface area contributed by atoms with Crippen LogP contribution in [0.4, 0.5) is 5.69 Å². The van der Waals surface area contributed by atoms with Crippen molar-refractivity contribution in [3.8, 4) is 0 Å². The summed E-state index contributed by atoms with van der Waals surface area (Å²) in [6.07, 6.45) is 5.48. The highest BCUT2D eigenvalue weighted by Crippen LogP contribution is 2.31. The van der Waals surface area contributed by atoms with Gasteiger partial charge in [0, 0.05) is 17.8 Å². The number of fused-ring (bicyclic) bond motifs is 1. The van der Waals surface area contributed by atoms with Crippen LogP contribution in [0.2, 0.25) is 0 Å². The number of hydrogen-bond acceptors (Lipinski definition) is 5. The first kappa shape index (κ1) is 18.7. The lowest BCUT2D eigenvalue weighted by Crippen LogP contribution is -2.26. The third-order valence-electron chi connectivity index (χ3n) is 4.13. The highest BCUT2D eigenvalue weighted by molar-refractivity contribution is 8.01. The number of anilines is 1. The van der Waals surface area contributed by atoms with Crippen LogP contribution in [-0.4, -0.2) is 28.6 Å². The zero-order chi connectivity index (χ0) is 19.3. The molecule has 0 bridgehead atoms. The van der Waals surface area contributed by atoms with E-state index in [9.17, 15) is 9.59 Å². The summed E-state index contributed by atoms with van der Waals surface area (Å²) in [6.45, 7) is 0. The molecule has 0 saturated heterocycles. The summed E-state index contributed by atoms with van der Waals surface area (Å²) in [5.41, 5.74) is 2.57. The average Bonchev–Trinajstić information content (AvgIpc) is 3.41. The first-order chi connectivity index (χ1) is 13.7. The van der Waals surface area contributed by atoms with Gasteiger partial charge in [-0.05, 0) is 42.7 Å². The minimum Gasteiger partial charge on any atom is -0.353 e. The molecule has 28 heavy (non-hydrogen) atoms. The second-order valence-electron chi connectivity index (χ2n) is 6.53. The molecule has 1 saturated carbocycles. The standard InChI is InChI=1S/C21H19N3O2S2/c25-19(11-6-14-4-2-1-3-5-14)23-16-9-10-17-18(12-16)28-21(24-17)27-13-20(26)22-15-7-8-15/h1-6,9-12,15H,7-8,13H2,(H,22,26)(H,23,25)/b11-6-. The normalized spacial score (nSPS) is 13.7. The van der Waals surface area contributed by atoms with Gasteiger partial charge in [-0.15, -0.1) is 11.3 Å². The van der Waals surface area contributed by atoms with Gasteiger partial charge in [0.2, 0.25) is 11.8 Å². The van der Waals surface area contributed by atoms with E-state index in [4.69, 9.17) is 0 Å². The Labute approximate surface area is 171 Å². The van der Waals surface area contributed by atoms with E-state index in [2.05, 4.69) is 15.6 Å². The zero-order valence-electron chi connectivity index (χ0n) is 15.1. The average molecular weight is 410 g/mol. The van der Waals surface area contributed by atoms with Gasteiger partial charge in [0.1, 0.15) is 0 Å². The number of thioether (sulfide) groups is 1. The number of hydrogen-bond donors (Lipinski definition) is 2. The molecule has 142 valence electrons. The van der Waals surface area contributed by atoms with E-state index in [1.807, 2.05) is 48.5 Å². The van der Waals surface area contributed by atoms with Crippen LogP contribution in [0.5, 0.6) is 0 Å². The lowest BCUT2D eigenvalue weighted by atomic mass is 10.2. The van der Waals surface area contributed by atoms with Crippen LogP contribution in [0.3, 0.4) is 0 Å². The van der Waals surface area contributed by atoms with Crippen LogP contribution in [0.25, 0.3) is 16.3 Å². The summed E-state index contributed by atoms with van der Waals surface area (Å²) in [7, 11) is 0. The monoisotopic (exact) mass is 409 g/mol. The number of benzene rings is 2. The van der Waals surface area contributed by atoms with Crippen LogP contribution in [-0.2, 0) is 9.59 Å². The van der Waals surface area contributed by atoms with Gasteiger partial charge >= 0.3 is 0 Å². The lowest BCUT2D eigenvalue weighted by molar-refractivity contribution is -0.118. The number of thiazole rings is 1. The second-order valence-corrected chi connectivity index (χ2v) is 8.78. The van der Waals surface area contributed by atoms with Gasteiger partial charge in [-0.1, -0.05) is 42.1 Å². The summed E-state index contributed by atoms with van der Waals surface area (Å²) in [6, 6.07) is 15.7. The van der Waals surface area contributed by atoms with Crippen molar-refractivity contribution in [3.05, 3.63) is 60.2 Å². The third-order valence-corrected chi connectivity index (χ3v) is 6.29. The Morgan fingerprint density at radius 2 is 2.00 bits per heavy atom. The van der Waals surface area contributed by atoms with E-state index < -0.39 is 0 Å². The van der Waals surface area contributed by atoms with E-state index >= 15 is 0 Å². The fourth-order valence-electron chi connectivity index (χ4n) is 2.59. The Kier molecular flexibility index (Phi) is 5.73. The smallest absolute Gasteiger partial charge is 0.248 e. The van der Waals surface area contributed by atoms with Gasteiger partial charge in [-0.2, -0.15) is 0 Å². The van der Waals surface area contributed by atoms with Crippen LogP contribution >= 0.6 is 23.1 Å². The molecule has 1 fully saturated rings. The number of nitrogens with one attached hydrogen (secondary N) is 2. The zero-order valence-corrected chi connectivity index (χ0v) is 16.7. The quantitative estimate of drug-likeness (QED) is 0.450. The molecule has 1 aliphatic rings. The Hall–Kier alpha value is -2.64. The molecule has 3 aromatic rings. The van der Waals surface area contributed by atoms with E-state index in [0.717, 1.165) is 38.6 Å². The molecule has 0 radical (unpaired) electrons. The number of nitrogens with zero attached hydrogens (tertiary/aromatic N) is 1. The molecule has 1 aromatic heterocycles. The van der Waals surface area contributed by atoms with Crippen LogP contribution < -0.4 is 10.6 Å². The molecule has 2 N–H and O–H groups in total. The Morgan fingerprint density at radius 3 is 2.79 bits per heavy atom. The highest BCUT2D eigenvalue weighted by Gasteiger charge is 2.23. The number of rotatable bonds is 7. The Balaban J connectivity index is 1.36. The first-order valence-corrected chi connectivity index (χ1v) is 10.8. The molecule has 2 aromatic carbocycles. The van der Waals surface area contributed by atoms with Crippen LogP contribution in [0.1, 0.15) is 18.4 Å². The van der Waals surface area contributed by atoms with Crippen molar-refractivity contribution in [1.82, 2.24) is 10.3 Å². The second kappa shape index (κ2) is 8.58. The molecule has 1 aliphatic carbocycles. The Bertz CT molecular complexity index is 1030. The van der Waals surface area contributed by atoms with E-state index in [0.29, 0.717) is 11.8 Å². The molecule has 4 rings (SSSR count). The van der Waals surface area contributed by atoms with Crippen molar-refractivity contribution >= 4 is 56.9 Å². The maximum atomic E-state index is 12.1. The number of carbonyl (C=O) groups is 2. The topological polar surface area (TPSA) is 71.1 Å². The summed E-state index contributed by atoms with van der Waals surface area (Å²) in [5.74, 6) is 0.258. The van der Waals surface area contributed by atoms with Gasteiger partial charge in [0.05, 0.1) is 16.0 Å². The fraction of sp³-hybridized carbons (Fsp3) is 0.190. The largest absolute Gasteiger partial charge is 0.353 e. The molecular weight excluding hydrogens is 390 g/mol. The van der Waals surface area contributed by atoms with Crippen molar-refractivity contribution in [2.45, 2.75) is 23.2 Å². The molecule has 1 heterocycles. The summed E-state index contributed by atoms with van der Waals surface area (Å²) < 4.78 is 1.84. The van der Waals surface area contributed by atoms with Gasteiger partial charge in [0.25, 0.3) is 0 Å². The molecule has 2 amide bonds. The van der Waals surface area contributed by atoms with Crippen molar-refractivity contribution in [3.63, 3.8) is 0 Å². The fourth-order valence-corrected chi connectivity index (χ4v) is 4.51. The number of carbonyl (C=O) groups excluding carboxylic acids is 2. The minimum atomic E-state index is -0.181. The lowest BCUT2D eigenvalue weighted by Gasteiger charge is -2.01. The number of aromatic nitrogens is 1. The minimum absolute atomic E-state index is 0.0601. The maximum absolute atomic E-state index is 12.1. The van der Waals surface area contributed by atoms with Crippen LogP contribution in [0, 0.1) is 0 Å². The van der Waals surface area contributed by atoms with Gasteiger partial charge in [0.15, 0.2) is 4.34 Å². The van der Waals surface area contributed by atoms with Gasteiger partial charge in [-0.25, -0.2) is 4.98 Å². The Morgan fingerprint density at radius 1 is 1.18 bits per heavy atom. The maximum Gasteiger partial charge on any atom is 0.248 e.